The summed E-state index contributed by atoms with van der Waals surface area (Å²) in [7, 11) is 0. The average molecular weight is 282 g/mol. The Morgan fingerprint density at radius 1 is 0.750 bits per heavy atom. The lowest BCUT2D eigenvalue weighted by Gasteiger charge is -2.12. The molecular formula is C18H16ClN. The summed E-state index contributed by atoms with van der Waals surface area (Å²) in [5.41, 5.74) is 3.54. The molecule has 20 heavy (non-hydrogen) atoms. The Labute approximate surface area is 124 Å². The number of anilines is 1. The number of nitrogens with one attached hydrogen (secondary N) is 1. The first-order valence-electron chi connectivity index (χ1n) is 6.73. The van der Waals surface area contributed by atoms with Gasteiger partial charge in [0.1, 0.15) is 0 Å². The molecule has 0 aliphatic rings. The lowest BCUT2D eigenvalue weighted by Crippen LogP contribution is -2.02. The molecule has 0 amide bonds. The maximum atomic E-state index is 5.97. The van der Waals surface area contributed by atoms with E-state index in [1.54, 1.807) is 0 Å². The normalized spacial score (nSPS) is 10.7. The van der Waals surface area contributed by atoms with Crippen molar-refractivity contribution in [1.29, 1.82) is 0 Å². The van der Waals surface area contributed by atoms with Crippen molar-refractivity contribution >= 4 is 28.1 Å². The summed E-state index contributed by atoms with van der Waals surface area (Å²) in [4.78, 5) is 0. The van der Waals surface area contributed by atoms with Gasteiger partial charge in [0, 0.05) is 18.1 Å². The zero-order chi connectivity index (χ0) is 13.8. The molecular weight excluding hydrogens is 266 g/mol. The van der Waals surface area contributed by atoms with Crippen LogP contribution in [0.25, 0.3) is 10.8 Å². The van der Waals surface area contributed by atoms with Gasteiger partial charge in [0.05, 0.1) is 0 Å². The number of alkyl halides is 1. The number of fused-ring (bicyclic) bond motifs is 1. The number of hydrogen-bond acceptors (Lipinski definition) is 1. The Balaban J connectivity index is 1.87. The molecule has 0 heterocycles. The van der Waals surface area contributed by atoms with Crippen molar-refractivity contribution < 1.29 is 0 Å². The predicted molar refractivity (Wildman–Crippen MR) is 87.3 cm³/mol. The van der Waals surface area contributed by atoms with Gasteiger partial charge in [-0.2, -0.15) is 0 Å². The Bertz CT molecular complexity index is 716. The van der Waals surface area contributed by atoms with Gasteiger partial charge in [-0.15, -0.1) is 11.6 Å². The molecule has 0 radical (unpaired) electrons. The minimum absolute atomic E-state index is 0.526. The van der Waals surface area contributed by atoms with Crippen molar-refractivity contribution in [3.8, 4) is 0 Å². The van der Waals surface area contributed by atoms with Gasteiger partial charge in [0.25, 0.3) is 0 Å². The van der Waals surface area contributed by atoms with E-state index < -0.39 is 0 Å². The second-order valence-electron chi connectivity index (χ2n) is 4.78. The van der Waals surface area contributed by atoms with Gasteiger partial charge in [0.15, 0.2) is 0 Å². The molecule has 0 aliphatic carbocycles. The van der Waals surface area contributed by atoms with Crippen LogP contribution in [-0.2, 0) is 12.4 Å². The second-order valence-corrected chi connectivity index (χ2v) is 5.05. The molecule has 1 nitrogen and oxygen atoms in total. The van der Waals surface area contributed by atoms with Gasteiger partial charge in [-0.3, -0.25) is 0 Å². The second kappa shape index (κ2) is 5.98. The van der Waals surface area contributed by atoms with Crippen LogP contribution in [0.5, 0.6) is 0 Å². The smallest absolute Gasteiger partial charge is 0.0494 e. The highest BCUT2D eigenvalue weighted by atomic mass is 35.5. The standard InChI is InChI=1S/C18H16ClN/c19-12-15-7-2-4-11-18(15)20-13-16-9-5-8-14-6-1-3-10-17(14)16/h1-11,20H,12-13H2. The van der Waals surface area contributed by atoms with Crippen molar-refractivity contribution in [2.24, 2.45) is 0 Å². The SMILES string of the molecule is ClCc1ccccc1NCc1cccc2ccccc12. The summed E-state index contributed by atoms with van der Waals surface area (Å²) in [5, 5.41) is 6.06. The number of para-hydroxylation sites is 1. The number of halogens is 1. The lowest BCUT2D eigenvalue weighted by atomic mass is 10.0. The molecule has 0 bridgehead atoms. The van der Waals surface area contributed by atoms with Crippen LogP contribution in [0, 0.1) is 0 Å². The molecule has 0 atom stereocenters. The first-order chi connectivity index (χ1) is 9.88. The van der Waals surface area contributed by atoms with E-state index in [1.807, 2.05) is 12.1 Å². The van der Waals surface area contributed by atoms with Gasteiger partial charge in [0.2, 0.25) is 0 Å². The fraction of sp³-hybridized carbons (Fsp3) is 0.111. The summed E-state index contributed by atoms with van der Waals surface area (Å²) < 4.78 is 0. The van der Waals surface area contributed by atoms with E-state index in [4.69, 9.17) is 11.6 Å². The molecule has 3 aromatic rings. The molecule has 0 aliphatic heterocycles. The van der Waals surface area contributed by atoms with Crippen molar-refractivity contribution in [3.05, 3.63) is 77.9 Å². The van der Waals surface area contributed by atoms with Crippen LogP contribution < -0.4 is 5.32 Å². The summed E-state index contributed by atoms with van der Waals surface area (Å²) in [6.07, 6.45) is 0. The fourth-order valence-electron chi connectivity index (χ4n) is 2.45. The quantitative estimate of drug-likeness (QED) is 0.649. The minimum Gasteiger partial charge on any atom is -0.381 e. The van der Waals surface area contributed by atoms with Gasteiger partial charge in [-0.25, -0.2) is 0 Å². The Hall–Kier alpha value is -1.99. The lowest BCUT2D eigenvalue weighted by molar-refractivity contribution is 1.15. The van der Waals surface area contributed by atoms with E-state index in [1.165, 1.54) is 16.3 Å². The van der Waals surface area contributed by atoms with Crippen LogP contribution in [0.2, 0.25) is 0 Å². The first-order valence-corrected chi connectivity index (χ1v) is 7.26. The van der Waals surface area contributed by atoms with E-state index in [2.05, 4.69) is 59.9 Å². The number of hydrogen-bond donors (Lipinski definition) is 1. The highest BCUT2D eigenvalue weighted by molar-refractivity contribution is 6.17. The van der Waals surface area contributed by atoms with Crippen LogP contribution in [0.3, 0.4) is 0 Å². The van der Waals surface area contributed by atoms with Crippen molar-refractivity contribution in [2.45, 2.75) is 12.4 Å². The average Bonchev–Trinajstić information content (AvgIpc) is 2.53. The first kappa shape index (κ1) is 13.0. The minimum atomic E-state index is 0.526. The van der Waals surface area contributed by atoms with Crippen molar-refractivity contribution in [2.75, 3.05) is 5.32 Å². The zero-order valence-corrected chi connectivity index (χ0v) is 11.9. The van der Waals surface area contributed by atoms with Crippen molar-refractivity contribution in [3.63, 3.8) is 0 Å². The van der Waals surface area contributed by atoms with Gasteiger partial charge >= 0.3 is 0 Å². The summed E-state index contributed by atoms with van der Waals surface area (Å²) in [5.74, 6) is 0.526. The molecule has 0 spiro atoms. The molecule has 0 saturated heterocycles. The molecule has 100 valence electrons. The maximum Gasteiger partial charge on any atom is 0.0494 e. The van der Waals surface area contributed by atoms with E-state index in [9.17, 15) is 0 Å². The van der Waals surface area contributed by atoms with Gasteiger partial charge < -0.3 is 5.32 Å². The molecule has 1 N–H and O–H groups in total. The highest BCUT2D eigenvalue weighted by Gasteiger charge is 2.02. The topological polar surface area (TPSA) is 12.0 Å². The van der Waals surface area contributed by atoms with E-state index in [0.29, 0.717) is 5.88 Å². The van der Waals surface area contributed by atoms with Crippen LogP contribution in [0.1, 0.15) is 11.1 Å². The van der Waals surface area contributed by atoms with Crippen LogP contribution in [0.4, 0.5) is 5.69 Å². The van der Waals surface area contributed by atoms with E-state index in [0.717, 1.165) is 17.8 Å². The molecule has 0 aromatic heterocycles. The Kier molecular flexibility index (Phi) is 3.89. The van der Waals surface area contributed by atoms with E-state index in [-0.39, 0.29) is 0 Å². The van der Waals surface area contributed by atoms with Gasteiger partial charge in [-0.1, -0.05) is 60.7 Å². The highest BCUT2D eigenvalue weighted by Crippen LogP contribution is 2.22. The van der Waals surface area contributed by atoms with Crippen LogP contribution >= 0.6 is 11.6 Å². The third kappa shape index (κ3) is 2.63. The van der Waals surface area contributed by atoms with E-state index >= 15 is 0 Å². The molecule has 2 heteroatoms. The van der Waals surface area contributed by atoms with Gasteiger partial charge in [-0.05, 0) is 28.0 Å². The zero-order valence-electron chi connectivity index (χ0n) is 11.1. The summed E-state index contributed by atoms with van der Waals surface area (Å²) >= 11 is 5.97. The summed E-state index contributed by atoms with van der Waals surface area (Å²) in [6, 6.07) is 23.0. The Morgan fingerprint density at radius 3 is 2.35 bits per heavy atom. The summed E-state index contributed by atoms with van der Waals surface area (Å²) in [6.45, 7) is 0.801. The number of rotatable bonds is 4. The fourth-order valence-corrected chi connectivity index (χ4v) is 2.68. The molecule has 0 fully saturated rings. The van der Waals surface area contributed by atoms with Crippen LogP contribution in [0.15, 0.2) is 66.7 Å². The largest absolute Gasteiger partial charge is 0.381 e. The number of benzene rings is 3. The monoisotopic (exact) mass is 281 g/mol. The van der Waals surface area contributed by atoms with Crippen LogP contribution in [-0.4, -0.2) is 0 Å². The van der Waals surface area contributed by atoms with Crippen molar-refractivity contribution in [1.82, 2.24) is 0 Å². The third-order valence-electron chi connectivity index (χ3n) is 3.51. The molecule has 3 rings (SSSR count). The molecule has 0 unspecified atom stereocenters. The molecule has 3 aromatic carbocycles. The maximum absolute atomic E-state index is 5.97. The molecule has 0 saturated carbocycles. The Morgan fingerprint density at radius 2 is 1.45 bits per heavy atom. The third-order valence-corrected chi connectivity index (χ3v) is 3.80. The predicted octanol–water partition coefficient (Wildman–Crippen LogP) is 5.19.